The SMILES string of the molecule is CC(=O)O[C@@H]1C/C=C(\C)C[C@H](O)[C@H]2[C@H](C(C)(C)O)CC[C@]2(C)/C=C/[C@H]1C. The lowest BCUT2D eigenvalue weighted by Crippen LogP contribution is -2.43. The third kappa shape index (κ3) is 4.77. The number of fused-ring (bicyclic) bond motifs is 1. The van der Waals surface area contributed by atoms with Crippen LogP contribution in [0.5, 0.6) is 0 Å². The van der Waals surface area contributed by atoms with Crippen LogP contribution in [0.15, 0.2) is 23.8 Å². The molecule has 6 atom stereocenters. The molecule has 0 saturated heterocycles. The van der Waals surface area contributed by atoms with Gasteiger partial charge in [-0.2, -0.15) is 0 Å². The smallest absolute Gasteiger partial charge is 0.302 e. The molecule has 0 aromatic heterocycles. The Balaban J connectivity index is 2.41. The summed E-state index contributed by atoms with van der Waals surface area (Å²) in [6, 6.07) is 0. The van der Waals surface area contributed by atoms with Gasteiger partial charge < -0.3 is 14.9 Å². The van der Waals surface area contributed by atoms with Gasteiger partial charge in [0.2, 0.25) is 0 Å². The first-order chi connectivity index (χ1) is 11.9. The molecular formula is C22H36O4. The Morgan fingerprint density at radius 1 is 1.38 bits per heavy atom. The topological polar surface area (TPSA) is 66.8 Å². The maximum atomic E-state index is 11.5. The first-order valence-corrected chi connectivity index (χ1v) is 9.86. The first-order valence-electron chi connectivity index (χ1n) is 9.86. The molecule has 0 aromatic carbocycles. The minimum Gasteiger partial charge on any atom is -0.462 e. The second-order valence-corrected chi connectivity index (χ2v) is 9.25. The average Bonchev–Trinajstić information content (AvgIpc) is 2.86. The quantitative estimate of drug-likeness (QED) is 0.574. The Bertz CT molecular complexity index is 571. The summed E-state index contributed by atoms with van der Waals surface area (Å²) in [6.45, 7) is 11.4. The van der Waals surface area contributed by atoms with Gasteiger partial charge in [-0.05, 0) is 57.3 Å². The van der Waals surface area contributed by atoms with Crippen LogP contribution in [-0.4, -0.2) is 34.0 Å². The molecule has 26 heavy (non-hydrogen) atoms. The standard InChI is InChI=1S/C22H36O4/c1-14-7-8-19(26-16(3)23)15(2)9-11-22(6)12-10-17(21(4,5)25)20(22)18(24)13-14/h7,9,11,15,17-20,24-25H,8,10,12-13H2,1-6H3/b11-9+,14-7+/t15-,17-,18+,19-,20-,22+/m1/s1. The molecule has 1 saturated carbocycles. The highest BCUT2D eigenvalue weighted by molar-refractivity contribution is 5.66. The number of rotatable bonds is 2. The molecule has 0 aliphatic heterocycles. The summed E-state index contributed by atoms with van der Waals surface area (Å²) in [5, 5.41) is 21.8. The molecule has 0 spiro atoms. The van der Waals surface area contributed by atoms with Crippen molar-refractivity contribution in [2.45, 2.75) is 85.0 Å². The lowest BCUT2D eigenvalue weighted by molar-refractivity contribution is -0.147. The Morgan fingerprint density at radius 3 is 2.62 bits per heavy atom. The summed E-state index contributed by atoms with van der Waals surface area (Å²) in [6.07, 6.45) is 8.80. The number of ether oxygens (including phenoxy) is 1. The molecule has 2 aliphatic carbocycles. The second-order valence-electron chi connectivity index (χ2n) is 9.25. The van der Waals surface area contributed by atoms with Gasteiger partial charge in [0.05, 0.1) is 11.7 Å². The highest BCUT2D eigenvalue weighted by Gasteiger charge is 2.51. The zero-order chi connectivity index (χ0) is 19.7. The van der Waals surface area contributed by atoms with Gasteiger partial charge in [-0.1, -0.05) is 37.6 Å². The lowest BCUT2D eigenvalue weighted by Gasteiger charge is -2.40. The number of aliphatic hydroxyl groups is 2. The van der Waals surface area contributed by atoms with Gasteiger partial charge >= 0.3 is 5.97 Å². The molecule has 4 nitrogen and oxygen atoms in total. The highest BCUT2D eigenvalue weighted by Crippen LogP contribution is 2.54. The van der Waals surface area contributed by atoms with E-state index >= 15 is 0 Å². The molecule has 0 heterocycles. The van der Waals surface area contributed by atoms with Crippen molar-refractivity contribution in [3.63, 3.8) is 0 Å². The van der Waals surface area contributed by atoms with Crippen LogP contribution in [0.2, 0.25) is 0 Å². The van der Waals surface area contributed by atoms with E-state index in [2.05, 4.69) is 32.1 Å². The normalized spacial score (nSPS) is 42.2. The number of allylic oxidation sites excluding steroid dienone is 1. The summed E-state index contributed by atoms with van der Waals surface area (Å²) >= 11 is 0. The largest absolute Gasteiger partial charge is 0.462 e. The van der Waals surface area contributed by atoms with E-state index in [1.165, 1.54) is 6.92 Å². The Hall–Kier alpha value is -1.13. The van der Waals surface area contributed by atoms with Crippen molar-refractivity contribution in [2.24, 2.45) is 23.2 Å². The summed E-state index contributed by atoms with van der Waals surface area (Å²) in [5.41, 5.74) is 0.109. The van der Waals surface area contributed by atoms with Gasteiger partial charge in [-0.3, -0.25) is 4.79 Å². The van der Waals surface area contributed by atoms with Gasteiger partial charge in [-0.25, -0.2) is 0 Å². The van der Waals surface area contributed by atoms with Gasteiger partial charge in [0, 0.05) is 19.3 Å². The molecule has 0 aromatic rings. The van der Waals surface area contributed by atoms with Crippen molar-refractivity contribution in [3.05, 3.63) is 23.8 Å². The van der Waals surface area contributed by atoms with E-state index < -0.39 is 11.7 Å². The van der Waals surface area contributed by atoms with Crippen molar-refractivity contribution in [3.8, 4) is 0 Å². The van der Waals surface area contributed by atoms with Crippen LogP contribution in [0.25, 0.3) is 0 Å². The third-order valence-electron chi connectivity index (χ3n) is 6.42. The van der Waals surface area contributed by atoms with Crippen LogP contribution in [0.3, 0.4) is 0 Å². The molecule has 2 rings (SSSR count). The average molecular weight is 365 g/mol. The summed E-state index contributed by atoms with van der Waals surface area (Å²) in [5.74, 6) is -0.111. The molecular weight excluding hydrogens is 328 g/mol. The number of aliphatic hydroxyl groups excluding tert-OH is 1. The van der Waals surface area contributed by atoms with E-state index in [1.54, 1.807) is 0 Å². The van der Waals surface area contributed by atoms with Crippen molar-refractivity contribution in [2.75, 3.05) is 0 Å². The minimum absolute atomic E-state index is 0.000393. The fraction of sp³-hybridized carbons (Fsp3) is 0.773. The predicted molar refractivity (Wildman–Crippen MR) is 103 cm³/mol. The molecule has 0 radical (unpaired) electrons. The zero-order valence-corrected chi connectivity index (χ0v) is 17.2. The third-order valence-corrected chi connectivity index (χ3v) is 6.42. The maximum absolute atomic E-state index is 11.5. The van der Waals surface area contributed by atoms with Crippen LogP contribution in [0.1, 0.15) is 67.2 Å². The van der Waals surface area contributed by atoms with Crippen molar-refractivity contribution in [1.29, 1.82) is 0 Å². The van der Waals surface area contributed by atoms with Crippen LogP contribution >= 0.6 is 0 Å². The van der Waals surface area contributed by atoms with Gasteiger partial charge in [0.15, 0.2) is 0 Å². The monoisotopic (exact) mass is 364 g/mol. The van der Waals surface area contributed by atoms with Crippen molar-refractivity contribution >= 4 is 5.97 Å². The van der Waals surface area contributed by atoms with E-state index in [-0.39, 0.29) is 35.2 Å². The van der Waals surface area contributed by atoms with E-state index in [0.29, 0.717) is 12.8 Å². The van der Waals surface area contributed by atoms with E-state index in [1.807, 2.05) is 20.8 Å². The number of hydrogen-bond donors (Lipinski definition) is 2. The molecule has 0 amide bonds. The van der Waals surface area contributed by atoms with Crippen molar-refractivity contribution in [1.82, 2.24) is 0 Å². The van der Waals surface area contributed by atoms with Crippen LogP contribution in [0.4, 0.5) is 0 Å². The minimum atomic E-state index is -0.819. The number of carbonyl (C=O) groups is 1. The predicted octanol–water partition coefficient (Wildman–Crippen LogP) is 4.01. The molecule has 0 bridgehead atoms. The van der Waals surface area contributed by atoms with Gasteiger partial charge in [0.25, 0.3) is 0 Å². The molecule has 1 fully saturated rings. The number of carbonyl (C=O) groups excluding carboxylic acids is 1. The van der Waals surface area contributed by atoms with Gasteiger partial charge in [0.1, 0.15) is 6.10 Å². The van der Waals surface area contributed by atoms with E-state index in [4.69, 9.17) is 4.74 Å². The molecule has 2 N–H and O–H groups in total. The summed E-state index contributed by atoms with van der Waals surface area (Å²) < 4.78 is 5.53. The summed E-state index contributed by atoms with van der Waals surface area (Å²) in [7, 11) is 0. The van der Waals surface area contributed by atoms with E-state index in [9.17, 15) is 15.0 Å². The number of esters is 1. The fourth-order valence-electron chi connectivity index (χ4n) is 4.90. The molecule has 2 aliphatic rings. The van der Waals surface area contributed by atoms with Crippen molar-refractivity contribution < 1.29 is 19.7 Å². The first kappa shape index (κ1) is 21.2. The molecule has 4 heteroatoms. The zero-order valence-electron chi connectivity index (χ0n) is 17.2. The Kier molecular flexibility index (Phi) is 6.40. The lowest BCUT2D eigenvalue weighted by atomic mass is 9.68. The fourth-order valence-corrected chi connectivity index (χ4v) is 4.90. The van der Waals surface area contributed by atoms with E-state index in [0.717, 1.165) is 18.4 Å². The van der Waals surface area contributed by atoms with Crippen LogP contribution < -0.4 is 0 Å². The summed E-state index contributed by atoms with van der Waals surface area (Å²) in [4.78, 5) is 11.5. The molecule has 0 unspecified atom stereocenters. The number of hydrogen-bond acceptors (Lipinski definition) is 4. The second kappa shape index (κ2) is 7.85. The van der Waals surface area contributed by atoms with Crippen LogP contribution in [0, 0.1) is 23.2 Å². The Labute approximate surface area is 158 Å². The van der Waals surface area contributed by atoms with Crippen LogP contribution in [-0.2, 0) is 9.53 Å². The van der Waals surface area contributed by atoms with Gasteiger partial charge in [-0.15, -0.1) is 0 Å². The highest BCUT2D eigenvalue weighted by atomic mass is 16.5. The molecule has 148 valence electrons. The maximum Gasteiger partial charge on any atom is 0.302 e. The Morgan fingerprint density at radius 2 is 2.04 bits per heavy atom.